The number of ether oxygens (including phenoxy) is 2. The van der Waals surface area contributed by atoms with Crippen LogP contribution in [0.4, 0.5) is 10.5 Å². The number of amides is 3. The van der Waals surface area contributed by atoms with Crippen LogP contribution in [0.5, 0.6) is 11.5 Å². The number of imide groups is 1. The van der Waals surface area contributed by atoms with Crippen molar-refractivity contribution in [2.45, 2.75) is 12.5 Å². The van der Waals surface area contributed by atoms with Gasteiger partial charge in [0.2, 0.25) is 5.91 Å². The van der Waals surface area contributed by atoms with Crippen molar-refractivity contribution < 1.29 is 19.1 Å². The molecule has 1 atom stereocenters. The average molecular weight is 431 g/mol. The highest BCUT2D eigenvalue weighted by molar-refractivity contribution is 6.01. The summed E-state index contributed by atoms with van der Waals surface area (Å²) in [7, 11) is 0. The molecule has 7 nitrogen and oxygen atoms in total. The Morgan fingerprint density at radius 3 is 2.28 bits per heavy atom. The quantitative estimate of drug-likeness (QED) is 0.531. The molecule has 3 amide bonds. The third kappa shape index (κ3) is 5.86. The van der Waals surface area contributed by atoms with Crippen molar-refractivity contribution in [3.63, 3.8) is 0 Å². The monoisotopic (exact) mass is 431 g/mol. The zero-order valence-electron chi connectivity index (χ0n) is 17.5. The third-order valence-electron chi connectivity index (χ3n) is 5.05. The van der Waals surface area contributed by atoms with E-state index in [1.165, 1.54) is 0 Å². The first kappa shape index (κ1) is 21.4. The van der Waals surface area contributed by atoms with Gasteiger partial charge in [0.25, 0.3) is 0 Å². The number of fused-ring (bicyclic) bond motifs is 1. The summed E-state index contributed by atoms with van der Waals surface area (Å²) in [6.45, 7) is 0.954. The van der Waals surface area contributed by atoms with Gasteiger partial charge in [-0.15, -0.1) is 0 Å². The predicted octanol–water partition coefficient (Wildman–Crippen LogP) is 3.68. The summed E-state index contributed by atoms with van der Waals surface area (Å²) < 4.78 is 11.0. The standard InChI is InChI=1S/C25H25N3O4/c29-24(28-25(30)27-20-11-12-22-23(16-20)32-14-13-31-22)17-26-21(19-9-5-2-6-10-19)15-18-7-3-1-4-8-18/h1-12,16,21,26H,13-15,17H2,(H2,27,28,29,30). The van der Waals surface area contributed by atoms with Crippen LogP contribution in [0.2, 0.25) is 0 Å². The second kappa shape index (κ2) is 10.5. The minimum absolute atomic E-state index is 0.000946. The van der Waals surface area contributed by atoms with Crippen LogP contribution in [0.1, 0.15) is 17.2 Å². The van der Waals surface area contributed by atoms with Gasteiger partial charge in [0.1, 0.15) is 13.2 Å². The smallest absolute Gasteiger partial charge is 0.325 e. The van der Waals surface area contributed by atoms with Crippen LogP contribution in [-0.4, -0.2) is 31.7 Å². The second-order valence-corrected chi connectivity index (χ2v) is 7.39. The molecule has 0 aromatic heterocycles. The molecule has 0 bridgehead atoms. The topological polar surface area (TPSA) is 88.7 Å². The van der Waals surface area contributed by atoms with Gasteiger partial charge in [-0.1, -0.05) is 60.7 Å². The minimum Gasteiger partial charge on any atom is -0.486 e. The van der Waals surface area contributed by atoms with Crippen LogP contribution in [-0.2, 0) is 11.2 Å². The van der Waals surface area contributed by atoms with E-state index < -0.39 is 11.9 Å². The van der Waals surface area contributed by atoms with Crippen molar-refractivity contribution >= 4 is 17.6 Å². The number of carbonyl (C=O) groups is 2. The van der Waals surface area contributed by atoms with E-state index in [0.717, 1.165) is 17.5 Å². The van der Waals surface area contributed by atoms with Crippen LogP contribution in [0.3, 0.4) is 0 Å². The van der Waals surface area contributed by atoms with Crippen molar-refractivity contribution in [3.8, 4) is 11.5 Å². The van der Waals surface area contributed by atoms with Crippen LogP contribution >= 0.6 is 0 Å². The van der Waals surface area contributed by atoms with Crippen LogP contribution in [0, 0.1) is 0 Å². The molecule has 7 heteroatoms. The van der Waals surface area contributed by atoms with Crippen LogP contribution in [0.25, 0.3) is 0 Å². The minimum atomic E-state index is -0.604. The summed E-state index contributed by atoms with van der Waals surface area (Å²) in [5.74, 6) is 0.774. The Balaban J connectivity index is 1.32. The summed E-state index contributed by atoms with van der Waals surface area (Å²) in [5, 5.41) is 8.27. The zero-order chi connectivity index (χ0) is 22.2. The van der Waals surface area contributed by atoms with E-state index in [-0.39, 0.29) is 12.6 Å². The van der Waals surface area contributed by atoms with E-state index in [4.69, 9.17) is 9.47 Å². The van der Waals surface area contributed by atoms with Gasteiger partial charge in [0, 0.05) is 17.8 Å². The normalized spacial score (nSPS) is 13.1. The Hall–Kier alpha value is -3.84. The summed E-state index contributed by atoms with van der Waals surface area (Å²) in [5.41, 5.74) is 2.74. The van der Waals surface area contributed by atoms with Gasteiger partial charge in [-0.2, -0.15) is 0 Å². The molecule has 1 unspecified atom stereocenters. The number of urea groups is 1. The summed E-state index contributed by atoms with van der Waals surface area (Å²) in [6.07, 6.45) is 0.724. The molecular formula is C25H25N3O4. The van der Waals surface area contributed by atoms with E-state index >= 15 is 0 Å². The first-order chi connectivity index (χ1) is 15.7. The Kier molecular flexibility index (Phi) is 6.99. The number of hydrogen-bond donors (Lipinski definition) is 3. The Bertz CT molecular complexity index is 1060. The van der Waals surface area contributed by atoms with E-state index in [9.17, 15) is 9.59 Å². The molecule has 0 spiro atoms. The fourth-order valence-corrected chi connectivity index (χ4v) is 3.51. The van der Waals surface area contributed by atoms with Gasteiger partial charge in [-0.05, 0) is 29.7 Å². The lowest BCUT2D eigenvalue weighted by atomic mass is 9.99. The average Bonchev–Trinajstić information content (AvgIpc) is 2.83. The predicted molar refractivity (Wildman–Crippen MR) is 122 cm³/mol. The molecule has 164 valence electrons. The molecule has 1 aliphatic rings. The number of carbonyl (C=O) groups excluding carboxylic acids is 2. The summed E-state index contributed by atoms with van der Waals surface area (Å²) in [6, 6.07) is 24.4. The zero-order valence-corrected chi connectivity index (χ0v) is 17.5. The molecule has 0 saturated heterocycles. The highest BCUT2D eigenvalue weighted by Crippen LogP contribution is 2.32. The van der Waals surface area contributed by atoms with Crippen LogP contribution < -0.4 is 25.4 Å². The highest BCUT2D eigenvalue weighted by atomic mass is 16.6. The van der Waals surface area contributed by atoms with Crippen molar-refractivity contribution in [1.29, 1.82) is 0 Å². The van der Waals surface area contributed by atoms with E-state index in [0.29, 0.717) is 30.4 Å². The van der Waals surface area contributed by atoms with Crippen molar-refractivity contribution in [2.24, 2.45) is 0 Å². The maximum Gasteiger partial charge on any atom is 0.325 e. The van der Waals surface area contributed by atoms with Gasteiger partial charge in [-0.25, -0.2) is 4.79 Å². The van der Waals surface area contributed by atoms with Crippen molar-refractivity contribution in [2.75, 3.05) is 25.1 Å². The number of hydrogen-bond acceptors (Lipinski definition) is 5. The second-order valence-electron chi connectivity index (χ2n) is 7.39. The van der Waals surface area contributed by atoms with E-state index in [1.54, 1.807) is 18.2 Å². The van der Waals surface area contributed by atoms with E-state index in [1.807, 2.05) is 48.5 Å². The molecule has 3 aromatic carbocycles. The Morgan fingerprint density at radius 1 is 0.844 bits per heavy atom. The van der Waals surface area contributed by atoms with Crippen LogP contribution in [0.15, 0.2) is 78.9 Å². The summed E-state index contributed by atoms with van der Waals surface area (Å²) in [4.78, 5) is 24.6. The van der Waals surface area contributed by atoms with Crippen molar-refractivity contribution in [1.82, 2.24) is 10.6 Å². The third-order valence-corrected chi connectivity index (χ3v) is 5.05. The fraction of sp³-hybridized carbons (Fsp3) is 0.200. The summed E-state index contributed by atoms with van der Waals surface area (Å²) >= 11 is 0. The lowest BCUT2D eigenvalue weighted by molar-refractivity contribution is -0.119. The molecule has 4 rings (SSSR count). The maximum absolute atomic E-state index is 12.4. The number of benzene rings is 3. The number of nitrogens with one attached hydrogen (secondary N) is 3. The van der Waals surface area contributed by atoms with Gasteiger partial charge >= 0.3 is 6.03 Å². The molecule has 0 fully saturated rings. The molecule has 1 aliphatic heterocycles. The first-order valence-electron chi connectivity index (χ1n) is 10.5. The molecule has 0 aliphatic carbocycles. The molecule has 3 N–H and O–H groups in total. The van der Waals surface area contributed by atoms with Crippen molar-refractivity contribution in [3.05, 3.63) is 90.0 Å². The largest absolute Gasteiger partial charge is 0.486 e. The van der Waals surface area contributed by atoms with Gasteiger partial charge in [0.05, 0.1) is 6.54 Å². The van der Waals surface area contributed by atoms with E-state index in [2.05, 4.69) is 28.1 Å². The molecular weight excluding hydrogens is 406 g/mol. The molecule has 0 radical (unpaired) electrons. The SMILES string of the molecule is O=C(CNC(Cc1ccccc1)c1ccccc1)NC(=O)Nc1ccc2c(c1)OCCO2. The van der Waals surface area contributed by atoms with Gasteiger partial charge in [0.15, 0.2) is 11.5 Å². The molecule has 1 heterocycles. The lowest BCUT2D eigenvalue weighted by Crippen LogP contribution is -2.41. The maximum atomic E-state index is 12.4. The molecule has 0 saturated carbocycles. The molecule has 3 aromatic rings. The fourth-order valence-electron chi connectivity index (χ4n) is 3.51. The number of rotatable bonds is 7. The van der Waals surface area contributed by atoms with Gasteiger partial charge < -0.3 is 20.1 Å². The lowest BCUT2D eigenvalue weighted by Gasteiger charge is -2.20. The Morgan fingerprint density at radius 2 is 1.53 bits per heavy atom. The molecule has 32 heavy (non-hydrogen) atoms. The van der Waals surface area contributed by atoms with Gasteiger partial charge in [-0.3, -0.25) is 10.1 Å². The Labute approximate surface area is 186 Å². The first-order valence-corrected chi connectivity index (χ1v) is 10.5. The number of anilines is 1. The highest BCUT2D eigenvalue weighted by Gasteiger charge is 2.16.